The maximum Gasteiger partial charge on any atom is 0.387 e. The molecule has 0 saturated carbocycles. The van der Waals surface area contributed by atoms with Gasteiger partial charge in [0.05, 0.1) is 18.8 Å². The first-order valence-electron chi connectivity index (χ1n) is 10.5. The van der Waals surface area contributed by atoms with E-state index in [1.807, 2.05) is 36.9 Å². The third-order valence-electron chi connectivity index (χ3n) is 4.83. The van der Waals surface area contributed by atoms with Crippen LogP contribution in [0.4, 0.5) is 14.5 Å². The van der Waals surface area contributed by atoms with E-state index in [0.717, 1.165) is 25.1 Å². The van der Waals surface area contributed by atoms with Crippen molar-refractivity contribution in [1.29, 1.82) is 0 Å². The highest BCUT2D eigenvalue weighted by Gasteiger charge is 2.26. The molecule has 1 aromatic carbocycles. The van der Waals surface area contributed by atoms with Gasteiger partial charge in [-0.1, -0.05) is 18.2 Å². The molecule has 9 heteroatoms. The highest BCUT2D eigenvalue weighted by Crippen LogP contribution is 2.31. The molecule has 2 aromatic rings. The van der Waals surface area contributed by atoms with Crippen LogP contribution in [0.1, 0.15) is 25.8 Å². The minimum Gasteiger partial charge on any atom is -0.478 e. The maximum atomic E-state index is 12.7. The van der Waals surface area contributed by atoms with Crippen molar-refractivity contribution in [2.45, 2.75) is 39.5 Å². The Labute approximate surface area is 181 Å². The van der Waals surface area contributed by atoms with Gasteiger partial charge in [-0.25, -0.2) is 9.98 Å². The lowest BCUT2D eigenvalue weighted by Crippen LogP contribution is -2.44. The minimum atomic E-state index is -2.85. The van der Waals surface area contributed by atoms with Gasteiger partial charge in [-0.15, -0.1) is 0 Å². The average Bonchev–Trinajstić information content (AvgIpc) is 3.21. The van der Waals surface area contributed by atoms with E-state index < -0.39 is 6.61 Å². The predicted molar refractivity (Wildman–Crippen MR) is 117 cm³/mol. The molecule has 1 saturated heterocycles. The minimum absolute atomic E-state index is 0.123. The van der Waals surface area contributed by atoms with Crippen molar-refractivity contribution in [1.82, 2.24) is 15.6 Å². The molecule has 2 N–H and O–H groups in total. The van der Waals surface area contributed by atoms with Crippen LogP contribution in [-0.4, -0.2) is 49.8 Å². The highest BCUT2D eigenvalue weighted by molar-refractivity contribution is 5.80. The van der Waals surface area contributed by atoms with E-state index in [4.69, 9.17) is 4.74 Å². The van der Waals surface area contributed by atoms with Crippen molar-refractivity contribution in [2.75, 3.05) is 31.1 Å². The fourth-order valence-electron chi connectivity index (χ4n) is 3.50. The smallest absolute Gasteiger partial charge is 0.387 e. The van der Waals surface area contributed by atoms with Crippen LogP contribution in [0.3, 0.4) is 0 Å². The van der Waals surface area contributed by atoms with Crippen LogP contribution < -0.4 is 25.0 Å². The van der Waals surface area contributed by atoms with Gasteiger partial charge in [0.2, 0.25) is 5.88 Å². The van der Waals surface area contributed by atoms with Crippen molar-refractivity contribution in [3.63, 3.8) is 0 Å². The second-order valence-electron chi connectivity index (χ2n) is 7.02. The van der Waals surface area contributed by atoms with Crippen molar-refractivity contribution >= 4 is 11.6 Å². The molecule has 168 valence electrons. The van der Waals surface area contributed by atoms with Crippen molar-refractivity contribution < 1.29 is 18.3 Å². The molecule has 1 unspecified atom stereocenters. The summed E-state index contributed by atoms with van der Waals surface area (Å²) in [5.74, 6) is 1.48. The molecule has 1 atom stereocenters. The van der Waals surface area contributed by atoms with Gasteiger partial charge in [-0.3, -0.25) is 0 Å². The lowest BCUT2D eigenvalue weighted by Gasteiger charge is -2.22. The molecule has 2 heterocycles. The zero-order valence-electron chi connectivity index (χ0n) is 17.9. The summed E-state index contributed by atoms with van der Waals surface area (Å²) >= 11 is 0. The van der Waals surface area contributed by atoms with Crippen LogP contribution in [0.2, 0.25) is 0 Å². The van der Waals surface area contributed by atoms with Crippen LogP contribution in [0.25, 0.3) is 0 Å². The monoisotopic (exact) mass is 433 g/mol. The second kappa shape index (κ2) is 11.3. The molecule has 0 aliphatic carbocycles. The first kappa shape index (κ1) is 22.6. The number of ether oxygens (including phenoxy) is 2. The van der Waals surface area contributed by atoms with E-state index in [1.165, 1.54) is 0 Å². The van der Waals surface area contributed by atoms with Crippen LogP contribution in [0.15, 0.2) is 47.6 Å². The van der Waals surface area contributed by atoms with Gasteiger partial charge in [0.1, 0.15) is 5.75 Å². The Morgan fingerprint density at radius 3 is 2.87 bits per heavy atom. The van der Waals surface area contributed by atoms with E-state index in [1.54, 1.807) is 24.4 Å². The Bertz CT molecular complexity index is 865. The normalized spacial score (nSPS) is 16.5. The number of nitrogens with one attached hydrogen (secondary N) is 2. The van der Waals surface area contributed by atoms with E-state index in [-0.39, 0.29) is 11.8 Å². The van der Waals surface area contributed by atoms with Crippen LogP contribution in [0.5, 0.6) is 11.6 Å². The molecule has 0 spiro atoms. The number of aromatic nitrogens is 1. The lowest BCUT2D eigenvalue weighted by atomic mass is 10.2. The Balaban J connectivity index is 1.65. The Kier molecular flexibility index (Phi) is 8.26. The molecule has 7 nitrogen and oxygen atoms in total. The summed E-state index contributed by atoms with van der Waals surface area (Å²) < 4.78 is 35.7. The van der Waals surface area contributed by atoms with Crippen molar-refractivity contribution in [3.05, 3.63) is 48.2 Å². The summed E-state index contributed by atoms with van der Waals surface area (Å²) in [7, 11) is 0. The van der Waals surface area contributed by atoms with Crippen molar-refractivity contribution in [2.24, 2.45) is 4.99 Å². The number of para-hydroxylation sites is 2. The van der Waals surface area contributed by atoms with Gasteiger partial charge in [-0.2, -0.15) is 8.78 Å². The number of halogens is 2. The number of alkyl halides is 2. The summed E-state index contributed by atoms with van der Waals surface area (Å²) in [4.78, 5) is 11.0. The van der Waals surface area contributed by atoms with E-state index in [0.29, 0.717) is 37.2 Å². The van der Waals surface area contributed by atoms with E-state index in [2.05, 4.69) is 25.3 Å². The third kappa shape index (κ3) is 6.44. The molecule has 1 aliphatic heterocycles. The molecular weight excluding hydrogens is 404 g/mol. The number of benzene rings is 1. The quantitative estimate of drug-likeness (QED) is 0.467. The first-order valence-corrected chi connectivity index (χ1v) is 10.5. The molecule has 0 bridgehead atoms. The van der Waals surface area contributed by atoms with Crippen LogP contribution >= 0.6 is 0 Å². The summed E-state index contributed by atoms with van der Waals surface area (Å²) in [6.45, 7) is 4.16. The summed E-state index contributed by atoms with van der Waals surface area (Å²) in [6.07, 6.45) is 2.55. The number of guanidine groups is 1. The van der Waals surface area contributed by atoms with E-state index >= 15 is 0 Å². The Hall–Kier alpha value is -3.10. The number of rotatable bonds is 9. The van der Waals surface area contributed by atoms with Gasteiger partial charge in [0.25, 0.3) is 0 Å². The number of hydrogen-bond donors (Lipinski definition) is 2. The second-order valence-corrected chi connectivity index (χ2v) is 7.02. The van der Waals surface area contributed by atoms with Gasteiger partial charge >= 0.3 is 6.61 Å². The number of hydrogen-bond acceptors (Lipinski definition) is 5. The molecule has 1 aliphatic rings. The lowest BCUT2D eigenvalue weighted by molar-refractivity contribution is -0.0495. The summed E-state index contributed by atoms with van der Waals surface area (Å²) in [5.41, 5.74) is 1.58. The first-order chi connectivity index (χ1) is 15.1. The molecule has 0 amide bonds. The standard InChI is InChI=1S/C22H29F2N5O2/c1-3-25-22(27-14-16-8-7-12-26-20(16)30-4-2)28-17-11-13-29(15-17)18-9-5-6-10-19(18)31-21(23)24/h5-10,12,17,21H,3-4,11,13-15H2,1-2H3,(H2,25,27,28). The molecule has 1 aromatic heterocycles. The van der Waals surface area contributed by atoms with Crippen LogP contribution in [-0.2, 0) is 6.54 Å². The molecule has 1 fully saturated rings. The predicted octanol–water partition coefficient (Wildman–Crippen LogP) is 3.42. The van der Waals surface area contributed by atoms with Gasteiger partial charge in [-0.05, 0) is 38.5 Å². The SMILES string of the molecule is CCNC(=NCc1cccnc1OCC)NC1CCN(c2ccccc2OC(F)F)C1. The fourth-order valence-corrected chi connectivity index (χ4v) is 3.50. The van der Waals surface area contributed by atoms with Gasteiger partial charge in [0, 0.05) is 37.4 Å². The molecule has 0 radical (unpaired) electrons. The van der Waals surface area contributed by atoms with Gasteiger partial charge < -0.3 is 25.0 Å². The average molecular weight is 434 g/mol. The van der Waals surface area contributed by atoms with Crippen LogP contribution in [0, 0.1) is 0 Å². The Morgan fingerprint density at radius 2 is 2.10 bits per heavy atom. The Morgan fingerprint density at radius 1 is 1.26 bits per heavy atom. The largest absolute Gasteiger partial charge is 0.478 e. The number of nitrogens with zero attached hydrogens (tertiary/aromatic N) is 3. The number of pyridine rings is 1. The summed E-state index contributed by atoms with van der Waals surface area (Å²) in [5, 5.41) is 6.70. The zero-order chi connectivity index (χ0) is 22.1. The topological polar surface area (TPSA) is 71.0 Å². The van der Waals surface area contributed by atoms with Gasteiger partial charge in [0.15, 0.2) is 5.96 Å². The zero-order valence-corrected chi connectivity index (χ0v) is 17.9. The molecular formula is C22H29F2N5O2. The highest BCUT2D eigenvalue weighted by atomic mass is 19.3. The maximum absolute atomic E-state index is 12.7. The van der Waals surface area contributed by atoms with E-state index in [9.17, 15) is 8.78 Å². The molecule has 3 rings (SSSR count). The molecule has 31 heavy (non-hydrogen) atoms. The number of anilines is 1. The van der Waals surface area contributed by atoms with Crippen molar-refractivity contribution in [3.8, 4) is 11.6 Å². The third-order valence-corrected chi connectivity index (χ3v) is 4.83. The fraction of sp³-hybridized carbons (Fsp3) is 0.455. The summed E-state index contributed by atoms with van der Waals surface area (Å²) in [6, 6.07) is 10.8. The number of aliphatic imine (C=N–C) groups is 1.